The standard InChI is InChI=1S/C14H23N/c1-10(5-6-15)7-14-9-12(3)11(2)8-13(14)4/h8-10H,5-7,15H2,1-4H3. The Bertz CT molecular complexity index is 328. The highest BCUT2D eigenvalue weighted by Gasteiger charge is 2.06. The van der Waals surface area contributed by atoms with Gasteiger partial charge in [0.15, 0.2) is 0 Å². The van der Waals surface area contributed by atoms with E-state index in [4.69, 9.17) is 5.73 Å². The van der Waals surface area contributed by atoms with Crippen molar-refractivity contribution in [2.24, 2.45) is 11.7 Å². The fourth-order valence-corrected chi connectivity index (χ4v) is 2.00. The third-order valence-corrected chi connectivity index (χ3v) is 3.18. The molecule has 1 aromatic carbocycles. The molecule has 0 fully saturated rings. The molecule has 1 heteroatoms. The smallest absolute Gasteiger partial charge is 0.00746 e. The summed E-state index contributed by atoms with van der Waals surface area (Å²) in [5, 5.41) is 0. The minimum absolute atomic E-state index is 0.691. The van der Waals surface area contributed by atoms with Gasteiger partial charge in [-0.3, -0.25) is 0 Å². The van der Waals surface area contributed by atoms with E-state index < -0.39 is 0 Å². The summed E-state index contributed by atoms with van der Waals surface area (Å²) in [6.07, 6.45) is 2.27. The van der Waals surface area contributed by atoms with Crippen LogP contribution in [0.1, 0.15) is 35.6 Å². The lowest BCUT2D eigenvalue weighted by atomic mass is 9.92. The van der Waals surface area contributed by atoms with Gasteiger partial charge < -0.3 is 5.73 Å². The SMILES string of the molecule is Cc1cc(C)c(CC(C)CCN)cc1C. The second kappa shape index (κ2) is 5.32. The molecule has 0 saturated heterocycles. The van der Waals surface area contributed by atoms with Gasteiger partial charge in [-0.2, -0.15) is 0 Å². The first kappa shape index (κ1) is 12.3. The third-order valence-electron chi connectivity index (χ3n) is 3.18. The van der Waals surface area contributed by atoms with Gasteiger partial charge in [0.1, 0.15) is 0 Å². The topological polar surface area (TPSA) is 26.0 Å². The zero-order valence-corrected chi connectivity index (χ0v) is 10.4. The number of nitrogens with two attached hydrogens (primary N) is 1. The molecule has 2 N–H and O–H groups in total. The molecule has 0 heterocycles. The Morgan fingerprint density at radius 2 is 1.67 bits per heavy atom. The lowest BCUT2D eigenvalue weighted by Crippen LogP contribution is -2.09. The van der Waals surface area contributed by atoms with Crippen LogP contribution in [0.15, 0.2) is 12.1 Å². The van der Waals surface area contributed by atoms with Crippen LogP contribution >= 0.6 is 0 Å². The minimum Gasteiger partial charge on any atom is -0.330 e. The van der Waals surface area contributed by atoms with Crippen LogP contribution in [0.4, 0.5) is 0 Å². The van der Waals surface area contributed by atoms with Crippen molar-refractivity contribution in [3.63, 3.8) is 0 Å². The summed E-state index contributed by atoms with van der Waals surface area (Å²) in [6, 6.07) is 4.62. The summed E-state index contributed by atoms with van der Waals surface area (Å²) in [7, 11) is 0. The maximum absolute atomic E-state index is 5.58. The summed E-state index contributed by atoms with van der Waals surface area (Å²) in [5.74, 6) is 0.691. The maximum atomic E-state index is 5.58. The summed E-state index contributed by atoms with van der Waals surface area (Å²) in [6.45, 7) is 9.64. The molecule has 0 bridgehead atoms. The van der Waals surface area contributed by atoms with Crippen molar-refractivity contribution in [3.05, 3.63) is 34.4 Å². The fraction of sp³-hybridized carbons (Fsp3) is 0.571. The van der Waals surface area contributed by atoms with E-state index >= 15 is 0 Å². The van der Waals surface area contributed by atoms with E-state index in [1.165, 1.54) is 22.3 Å². The first-order chi connectivity index (χ1) is 7.04. The largest absolute Gasteiger partial charge is 0.330 e. The van der Waals surface area contributed by atoms with Gasteiger partial charge >= 0.3 is 0 Å². The van der Waals surface area contributed by atoms with Crippen LogP contribution in [0.25, 0.3) is 0 Å². The van der Waals surface area contributed by atoms with Gasteiger partial charge in [0, 0.05) is 0 Å². The first-order valence-electron chi connectivity index (χ1n) is 5.81. The van der Waals surface area contributed by atoms with Gasteiger partial charge in [-0.05, 0) is 68.3 Å². The molecule has 84 valence electrons. The van der Waals surface area contributed by atoms with Crippen molar-refractivity contribution in [2.75, 3.05) is 6.54 Å². The van der Waals surface area contributed by atoms with Crippen molar-refractivity contribution in [1.29, 1.82) is 0 Å². The zero-order valence-electron chi connectivity index (χ0n) is 10.4. The van der Waals surface area contributed by atoms with E-state index in [-0.39, 0.29) is 0 Å². The number of hydrogen-bond acceptors (Lipinski definition) is 1. The van der Waals surface area contributed by atoms with Crippen LogP contribution in [-0.2, 0) is 6.42 Å². The molecule has 1 nitrogen and oxygen atoms in total. The van der Waals surface area contributed by atoms with E-state index in [0.29, 0.717) is 5.92 Å². The molecule has 15 heavy (non-hydrogen) atoms. The Labute approximate surface area is 93.7 Å². The predicted molar refractivity (Wildman–Crippen MR) is 67.2 cm³/mol. The van der Waals surface area contributed by atoms with Crippen molar-refractivity contribution < 1.29 is 0 Å². The average molecular weight is 205 g/mol. The Balaban J connectivity index is 2.81. The Hall–Kier alpha value is -0.820. The Morgan fingerprint density at radius 3 is 2.27 bits per heavy atom. The number of aryl methyl sites for hydroxylation is 3. The summed E-state index contributed by atoms with van der Waals surface area (Å²) in [4.78, 5) is 0. The molecule has 0 saturated carbocycles. The average Bonchev–Trinajstić information content (AvgIpc) is 2.14. The molecule has 1 aromatic rings. The van der Waals surface area contributed by atoms with Crippen molar-refractivity contribution in [2.45, 2.75) is 40.5 Å². The van der Waals surface area contributed by atoms with Gasteiger partial charge in [0.2, 0.25) is 0 Å². The van der Waals surface area contributed by atoms with Crippen molar-refractivity contribution in [1.82, 2.24) is 0 Å². The molecular weight excluding hydrogens is 182 g/mol. The highest BCUT2D eigenvalue weighted by atomic mass is 14.5. The van der Waals surface area contributed by atoms with Gasteiger partial charge in [-0.25, -0.2) is 0 Å². The van der Waals surface area contributed by atoms with Gasteiger partial charge in [0.25, 0.3) is 0 Å². The third kappa shape index (κ3) is 3.35. The highest BCUT2D eigenvalue weighted by Crippen LogP contribution is 2.19. The van der Waals surface area contributed by atoms with E-state index in [2.05, 4.69) is 39.8 Å². The highest BCUT2D eigenvalue weighted by molar-refractivity contribution is 5.36. The Morgan fingerprint density at radius 1 is 1.07 bits per heavy atom. The van der Waals surface area contributed by atoms with E-state index in [9.17, 15) is 0 Å². The lowest BCUT2D eigenvalue weighted by molar-refractivity contribution is 0.537. The quantitative estimate of drug-likeness (QED) is 0.803. The number of hydrogen-bond donors (Lipinski definition) is 1. The van der Waals surface area contributed by atoms with Crippen LogP contribution in [-0.4, -0.2) is 6.54 Å². The summed E-state index contributed by atoms with van der Waals surface area (Å²) >= 11 is 0. The van der Waals surface area contributed by atoms with Gasteiger partial charge in [0.05, 0.1) is 0 Å². The second-order valence-electron chi connectivity index (χ2n) is 4.75. The molecule has 0 aliphatic heterocycles. The van der Waals surface area contributed by atoms with Gasteiger partial charge in [-0.1, -0.05) is 19.1 Å². The van der Waals surface area contributed by atoms with E-state index in [1.54, 1.807) is 0 Å². The molecular formula is C14H23N. The number of rotatable bonds is 4. The molecule has 0 aliphatic rings. The summed E-state index contributed by atoms with van der Waals surface area (Å²) < 4.78 is 0. The molecule has 0 aliphatic carbocycles. The Kier molecular flexibility index (Phi) is 4.34. The first-order valence-corrected chi connectivity index (χ1v) is 5.81. The molecule has 0 radical (unpaired) electrons. The molecule has 0 amide bonds. The molecule has 1 rings (SSSR count). The predicted octanol–water partition coefficient (Wildman–Crippen LogP) is 3.14. The van der Waals surface area contributed by atoms with Crippen molar-refractivity contribution in [3.8, 4) is 0 Å². The van der Waals surface area contributed by atoms with Crippen molar-refractivity contribution >= 4 is 0 Å². The maximum Gasteiger partial charge on any atom is -0.00746 e. The molecule has 1 atom stereocenters. The normalized spacial score (nSPS) is 12.9. The van der Waals surface area contributed by atoms with Crippen LogP contribution in [0, 0.1) is 26.7 Å². The molecule has 0 spiro atoms. The monoisotopic (exact) mass is 205 g/mol. The van der Waals surface area contributed by atoms with Crippen LogP contribution in [0.3, 0.4) is 0 Å². The van der Waals surface area contributed by atoms with Crippen LogP contribution < -0.4 is 5.73 Å². The number of benzene rings is 1. The lowest BCUT2D eigenvalue weighted by Gasteiger charge is -2.14. The fourth-order valence-electron chi connectivity index (χ4n) is 2.00. The van der Waals surface area contributed by atoms with Crippen LogP contribution in [0.2, 0.25) is 0 Å². The minimum atomic E-state index is 0.691. The van der Waals surface area contributed by atoms with E-state index in [0.717, 1.165) is 19.4 Å². The van der Waals surface area contributed by atoms with Gasteiger partial charge in [-0.15, -0.1) is 0 Å². The summed E-state index contributed by atoms with van der Waals surface area (Å²) in [5.41, 5.74) is 11.3. The second-order valence-corrected chi connectivity index (χ2v) is 4.75. The van der Waals surface area contributed by atoms with Crippen LogP contribution in [0.5, 0.6) is 0 Å². The zero-order chi connectivity index (χ0) is 11.4. The van der Waals surface area contributed by atoms with E-state index in [1.807, 2.05) is 0 Å². The molecule has 1 unspecified atom stereocenters. The molecule has 0 aromatic heterocycles.